The van der Waals surface area contributed by atoms with Gasteiger partial charge in [-0.15, -0.1) is 11.8 Å². The Balaban J connectivity index is 2.11. The number of carbonyl (C=O) groups excluding carboxylic acids is 2. The fourth-order valence-corrected chi connectivity index (χ4v) is 3.51. The Morgan fingerprint density at radius 2 is 1.77 bits per heavy atom. The standard InChI is InChI=1S/C20H23BrN2O2S/c1-3-22-20(25)15(2)23(13-16-9-11-17(21)12-10-16)19(24)14-26-18-7-5-4-6-8-18/h4-12,15H,3,13-14H2,1-2H3,(H,22,25). The third kappa shape index (κ3) is 6.18. The van der Waals surface area contributed by atoms with Gasteiger partial charge in [-0.3, -0.25) is 9.59 Å². The summed E-state index contributed by atoms with van der Waals surface area (Å²) in [5.41, 5.74) is 0.988. The second-order valence-electron chi connectivity index (χ2n) is 5.82. The van der Waals surface area contributed by atoms with Crippen LogP contribution in [-0.2, 0) is 16.1 Å². The minimum absolute atomic E-state index is 0.0551. The summed E-state index contributed by atoms with van der Waals surface area (Å²) in [6.07, 6.45) is 0. The van der Waals surface area contributed by atoms with E-state index >= 15 is 0 Å². The highest BCUT2D eigenvalue weighted by Crippen LogP contribution is 2.20. The second-order valence-corrected chi connectivity index (χ2v) is 7.78. The molecule has 26 heavy (non-hydrogen) atoms. The first-order valence-electron chi connectivity index (χ1n) is 8.50. The molecule has 2 amide bonds. The molecule has 2 aromatic carbocycles. The van der Waals surface area contributed by atoms with Gasteiger partial charge < -0.3 is 10.2 Å². The average molecular weight is 435 g/mol. The molecule has 0 aliphatic heterocycles. The lowest BCUT2D eigenvalue weighted by molar-refractivity contribution is -0.138. The first-order chi connectivity index (χ1) is 12.5. The first kappa shape index (κ1) is 20.5. The normalized spacial score (nSPS) is 11.7. The third-order valence-corrected chi connectivity index (χ3v) is 5.42. The molecule has 0 bridgehead atoms. The lowest BCUT2D eigenvalue weighted by atomic mass is 10.1. The molecule has 0 saturated carbocycles. The molecule has 0 saturated heterocycles. The van der Waals surface area contributed by atoms with E-state index in [0.29, 0.717) is 18.8 Å². The molecule has 0 fully saturated rings. The molecule has 0 aliphatic carbocycles. The van der Waals surface area contributed by atoms with Crippen LogP contribution in [0.15, 0.2) is 64.0 Å². The van der Waals surface area contributed by atoms with Crippen LogP contribution >= 0.6 is 27.7 Å². The Labute approximate surface area is 167 Å². The van der Waals surface area contributed by atoms with E-state index in [1.165, 1.54) is 11.8 Å². The minimum Gasteiger partial charge on any atom is -0.355 e. The summed E-state index contributed by atoms with van der Waals surface area (Å²) in [5.74, 6) is 0.104. The third-order valence-electron chi connectivity index (χ3n) is 3.89. The van der Waals surface area contributed by atoms with Crippen molar-refractivity contribution in [1.82, 2.24) is 10.2 Å². The van der Waals surface area contributed by atoms with Crippen LogP contribution in [0.1, 0.15) is 19.4 Å². The van der Waals surface area contributed by atoms with Gasteiger partial charge in [0, 0.05) is 22.5 Å². The molecule has 4 nitrogen and oxygen atoms in total. The molecule has 1 N–H and O–H groups in total. The number of nitrogens with one attached hydrogen (secondary N) is 1. The summed E-state index contributed by atoms with van der Waals surface area (Å²) in [6.45, 7) is 4.59. The largest absolute Gasteiger partial charge is 0.355 e. The number of hydrogen-bond donors (Lipinski definition) is 1. The highest BCUT2D eigenvalue weighted by Gasteiger charge is 2.25. The van der Waals surface area contributed by atoms with Gasteiger partial charge in [0.2, 0.25) is 11.8 Å². The van der Waals surface area contributed by atoms with Crippen molar-refractivity contribution in [3.05, 3.63) is 64.6 Å². The van der Waals surface area contributed by atoms with Crippen molar-refractivity contribution in [3.8, 4) is 0 Å². The predicted octanol–water partition coefficient (Wildman–Crippen LogP) is 4.09. The molecule has 138 valence electrons. The average Bonchev–Trinajstić information content (AvgIpc) is 2.66. The van der Waals surface area contributed by atoms with Crippen molar-refractivity contribution >= 4 is 39.5 Å². The fourth-order valence-electron chi connectivity index (χ4n) is 2.44. The maximum atomic E-state index is 12.9. The van der Waals surface area contributed by atoms with Gasteiger partial charge in [0.1, 0.15) is 6.04 Å². The lowest BCUT2D eigenvalue weighted by Crippen LogP contribution is -2.48. The van der Waals surface area contributed by atoms with Crippen LogP contribution in [0.5, 0.6) is 0 Å². The molecule has 0 heterocycles. The summed E-state index contributed by atoms with van der Waals surface area (Å²) >= 11 is 4.90. The van der Waals surface area contributed by atoms with Crippen molar-refractivity contribution in [3.63, 3.8) is 0 Å². The number of amides is 2. The van der Waals surface area contributed by atoms with Crippen molar-refractivity contribution in [1.29, 1.82) is 0 Å². The first-order valence-corrected chi connectivity index (χ1v) is 10.3. The summed E-state index contributed by atoms with van der Waals surface area (Å²) in [4.78, 5) is 27.8. The molecule has 0 radical (unpaired) electrons. The summed E-state index contributed by atoms with van der Waals surface area (Å²) in [5, 5.41) is 2.80. The number of halogens is 1. The Bertz CT molecular complexity index is 722. The Kier molecular flexibility index (Phi) is 8.19. The minimum atomic E-state index is -0.525. The molecule has 6 heteroatoms. The quantitative estimate of drug-likeness (QED) is 0.636. The Hall–Kier alpha value is -1.79. The van der Waals surface area contributed by atoms with Crippen LogP contribution in [0, 0.1) is 0 Å². The van der Waals surface area contributed by atoms with Crippen molar-refractivity contribution in [2.75, 3.05) is 12.3 Å². The van der Waals surface area contributed by atoms with E-state index in [4.69, 9.17) is 0 Å². The van der Waals surface area contributed by atoms with Gasteiger partial charge in [0.05, 0.1) is 5.75 Å². The number of benzene rings is 2. The molecule has 0 aliphatic rings. The molecule has 1 unspecified atom stereocenters. The summed E-state index contributed by atoms with van der Waals surface area (Å²) in [6, 6.07) is 17.1. The van der Waals surface area contributed by atoms with E-state index in [2.05, 4.69) is 21.2 Å². The van der Waals surface area contributed by atoms with Gasteiger partial charge >= 0.3 is 0 Å². The van der Waals surface area contributed by atoms with Crippen LogP contribution < -0.4 is 5.32 Å². The monoisotopic (exact) mass is 434 g/mol. The van der Waals surface area contributed by atoms with E-state index < -0.39 is 6.04 Å². The van der Waals surface area contributed by atoms with E-state index in [-0.39, 0.29) is 11.8 Å². The second kappa shape index (κ2) is 10.4. The van der Waals surface area contributed by atoms with Crippen molar-refractivity contribution in [2.45, 2.75) is 31.3 Å². The van der Waals surface area contributed by atoms with E-state index in [1.54, 1.807) is 11.8 Å². The van der Waals surface area contributed by atoms with Crippen LogP contribution in [0.3, 0.4) is 0 Å². The van der Waals surface area contributed by atoms with E-state index in [0.717, 1.165) is 14.9 Å². The highest BCUT2D eigenvalue weighted by atomic mass is 79.9. The topological polar surface area (TPSA) is 49.4 Å². The van der Waals surface area contributed by atoms with E-state index in [9.17, 15) is 9.59 Å². The van der Waals surface area contributed by atoms with Crippen LogP contribution in [0.4, 0.5) is 0 Å². The molecular weight excluding hydrogens is 412 g/mol. The molecule has 2 rings (SSSR count). The number of carbonyl (C=O) groups is 2. The molecule has 2 aromatic rings. The maximum Gasteiger partial charge on any atom is 0.242 e. The van der Waals surface area contributed by atoms with Crippen molar-refractivity contribution < 1.29 is 9.59 Å². The van der Waals surface area contributed by atoms with Crippen LogP contribution in [0.2, 0.25) is 0 Å². The van der Waals surface area contributed by atoms with Gasteiger partial charge in [0.25, 0.3) is 0 Å². The highest BCUT2D eigenvalue weighted by molar-refractivity contribution is 9.10. The smallest absolute Gasteiger partial charge is 0.242 e. The number of hydrogen-bond acceptors (Lipinski definition) is 3. The number of rotatable bonds is 8. The lowest BCUT2D eigenvalue weighted by Gasteiger charge is -2.28. The SMILES string of the molecule is CCNC(=O)C(C)N(Cc1ccc(Br)cc1)C(=O)CSc1ccccc1. The van der Waals surface area contributed by atoms with Gasteiger partial charge in [-0.1, -0.05) is 46.3 Å². The molecule has 0 spiro atoms. The molecular formula is C20H23BrN2O2S. The number of thioether (sulfide) groups is 1. The fraction of sp³-hybridized carbons (Fsp3) is 0.300. The van der Waals surface area contributed by atoms with E-state index in [1.807, 2.05) is 61.5 Å². The van der Waals surface area contributed by atoms with Gasteiger partial charge in [-0.05, 0) is 43.7 Å². The summed E-state index contributed by atoms with van der Waals surface area (Å²) in [7, 11) is 0. The van der Waals surface area contributed by atoms with Crippen molar-refractivity contribution in [2.24, 2.45) is 0 Å². The van der Waals surface area contributed by atoms with Crippen LogP contribution in [0.25, 0.3) is 0 Å². The van der Waals surface area contributed by atoms with Crippen LogP contribution in [-0.4, -0.2) is 35.1 Å². The van der Waals surface area contributed by atoms with Gasteiger partial charge in [-0.2, -0.15) is 0 Å². The van der Waals surface area contributed by atoms with Gasteiger partial charge in [-0.25, -0.2) is 0 Å². The number of likely N-dealkylation sites (N-methyl/N-ethyl adjacent to an activating group) is 1. The predicted molar refractivity (Wildman–Crippen MR) is 110 cm³/mol. The Morgan fingerprint density at radius 3 is 2.38 bits per heavy atom. The zero-order valence-corrected chi connectivity index (χ0v) is 17.3. The number of nitrogens with zero attached hydrogens (tertiary/aromatic N) is 1. The van der Waals surface area contributed by atoms with Gasteiger partial charge in [0.15, 0.2) is 0 Å². The zero-order chi connectivity index (χ0) is 18.9. The Morgan fingerprint density at radius 1 is 1.12 bits per heavy atom. The zero-order valence-electron chi connectivity index (χ0n) is 14.9. The molecule has 0 aromatic heterocycles. The maximum absolute atomic E-state index is 12.9. The summed E-state index contributed by atoms with van der Waals surface area (Å²) < 4.78 is 0.982. The molecule has 1 atom stereocenters.